The Labute approximate surface area is 247 Å². The highest BCUT2D eigenvalue weighted by Gasteiger charge is 2.25. The zero-order valence-electron chi connectivity index (χ0n) is 23.3. The Kier molecular flexibility index (Phi) is 8.46. The molecule has 5 heterocycles. The van der Waals surface area contributed by atoms with Crippen molar-refractivity contribution in [1.82, 2.24) is 24.4 Å². The Bertz CT molecular complexity index is 1640. The van der Waals surface area contributed by atoms with E-state index in [0.29, 0.717) is 41.8 Å². The second kappa shape index (κ2) is 12.6. The van der Waals surface area contributed by atoms with E-state index in [0.717, 1.165) is 55.1 Å². The third-order valence-electron chi connectivity index (χ3n) is 7.44. The molecular weight excluding hydrogens is 561 g/mol. The van der Waals surface area contributed by atoms with E-state index in [1.807, 2.05) is 18.2 Å². The molecule has 6 rings (SSSR count). The summed E-state index contributed by atoms with van der Waals surface area (Å²) >= 11 is 5.85. The van der Waals surface area contributed by atoms with Crippen molar-refractivity contribution in [2.24, 2.45) is 0 Å². The van der Waals surface area contributed by atoms with E-state index in [4.69, 9.17) is 30.8 Å². The van der Waals surface area contributed by atoms with E-state index in [-0.39, 0.29) is 18.4 Å². The number of carbonyl (C=O) groups excluding carboxylic acids is 1. The minimum atomic E-state index is -0.442. The minimum absolute atomic E-state index is 0.0648. The second-order valence-electron chi connectivity index (χ2n) is 10.3. The van der Waals surface area contributed by atoms with Crippen molar-refractivity contribution in [3.05, 3.63) is 88.2 Å². The predicted octanol–water partition coefficient (Wildman–Crippen LogP) is 5.45. The Morgan fingerprint density at radius 3 is 2.79 bits per heavy atom. The summed E-state index contributed by atoms with van der Waals surface area (Å²) in [4.78, 5) is 28.8. The van der Waals surface area contributed by atoms with E-state index >= 15 is 0 Å². The number of aromatic nitrogens is 4. The zero-order chi connectivity index (χ0) is 29.1. The third kappa shape index (κ3) is 6.30. The molecule has 0 aliphatic carbocycles. The lowest BCUT2D eigenvalue weighted by Gasteiger charge is -2.29. The molecule has 218 valence electrons. The third-order valence-corrected chi connectivity index (χ3v) is 7.67. The molecule has 2 aliphatic rings. The highest BCUT2D eigenvalue weighted by atomic mass is 35.5. The lowest BCUT2D eigenvalue weighted by Crippen LogP contribution is -2.34. The van der Waals surface area contributed by atoms with Crippen molar-refractivity contribution in [1.29, 1.82) is 0 Å². The SMILES string of the molecule is CCOC(=O)c1ccc2nc(CN3CC=C(c4cccc(OCc5ccc(Cl)cc5F)n4)CC3)n(C[C@@H]3CCO3)c2n1. The van der Waals surface area contributed by atoms with Gasteiger partial charge in [0.1, 0.15) is 23.8 Å². The molecule has 1 saturated heterocycles. The quantitative estimate of drug-likeness (QED) is 0.225. The molecule has 11 heteroatoms. The monoisotopic (exact) mass is 591 g/mol. The first-order valence-corrected chi connectivity index (χ1v) is 14.4. The molecule has 0 saturated carbocycles. The van der Waals surface area contributed by atoms with Gasteiger partial charge in [-0.05, 0) is 55.7 Å². The maximum Gasteiger partial charge on any atom is 0.357 e. The Balaban J connectivity index is 1.15. The van der Waals surface area contributed by atoms with Crippen molar-refractivity contribution in [2.75, 3.05) is 26.3 Å². The fourth-order valence-electron chi connectivity index (χ4n) is 5.06. The molecule has 0 amide bonds. The molecular formula is C31H31ClFN5O4. The fraction of sp³-hybridized carbons (Fsp3) is 0.355. The van der Waals surface area contributed by atoms with Crippen LogP contribution in [0.3, 0.4) is 0 Å². The van der Waals surface area contributed by atoms with Gasteiger partial charge in [0.25, 0.3) is 0 Å². The number of halogens is 2. The number of hydrogen-bond donors (Lipinski definition) is 0. The van der Waals surface area contributed by atoms with E-state index in [1.54, 1.807) is 31.2 Å². The summed E-state index contributed by atoms with van der Waals surface area (Å²) in [6, 6.07) is 13.6. The highest BCUT2D eigenvalue weighted by molar-refractivity contribution is 6.30. The molecule has 0 bridgehead atoms. The summed E-state index contributed by atoms with van der Waals surface area (Å²) in [6.07, 6.45) is 4.07. The Hall–Kier alpha value is -3.86. The lowest BCUT2D eigenvalue weighted by molar-refractivity contribution is -0.0592. The molecule has 0 radical (unpaired) electrons. The van der Waals surface area contributed by atoms with Gasteiger partial charge in [0.05, 0.1) is 31.5 Å². The first-order valence-electron chi connectivity index (χ1n) is 14.1. The van der Waals surface area contributed by atoms with Crippen molar-refractivity contribution in [3.63, 3.8) is 0 Å². The van der Waals surface area contributed by atoms with Gasteiger partial charge in [-0.25, -0.2) is 24.1 Å². The number of carbonyl (C=O) groups is 1. The van der Waals surface area contributed by atoms with Crippen LogP contribution in [0, 0.1) is 5.82 Å². The number of imidazole rings is 1. The molecule has 1 atom stereocenters. The first-order chi connectivity index (χ1) is 20.5. The van der Waals surface area contributed by atoms with Gasteiger partial charge in [0.15, 0.2) is 11.3 Å². The minimum Gasteiger partial charge on any atom is -0.473 e. The smallest absolute Gasteiger partial charge is 0.357 e. The van der Waals surface area contributed by atoms with Crippen molar-refractivity contribution < 1.29 is 23.4 Å². The largest absolute Gasteiger partial charge is 0.473 e. The summed E-state index contributed by atoms with van der Waals surface area (Å²) in [5.74, 6) is 0.473. The predicted molar refractivity (Wildman–Crippen MR) is 156 cm³/mol. The molecule has 9 nitrogen and oxygen atoms in total. The van der Waals surface area contributed by atoms with Crippen LogP contribution in [0.5, 0.6) is 5.88 Å². The maximum absolute atomic E-state index is 14.1. The highest BCUT2D eigenvalue weighted by Crippen LogP contribution is 2.26. The van der Waals surface area contributed by atoms with Crippen LogP contribution in [0.1, 0.15) is 47.3 Å². The molecule has 2 aliphatic heterocycles. The molecule has 0 N–H and O–H groups in total. The maximum atomic E-state index is 14.1. The number of hydrogen-bond acceptors (Lipinski definition) is 8. The topological polar surface area (TPSA) is 91.6 Å². The normalized spacial score (nSPS) is 17.1. The molecule has 0 spiro atoms. The molecule has 0 unspecified atom stereocenters. The number of rotatable bonds is 10. The first kappa shape index (κ1) is 28.3. The number of benzene rings is 1. The number of nitrogens with zero attached hydrogens (tertiary/aromatic N) is 5. The van der Waals surface area contributed by atoms with Crippen LogP contribution in [0.4, 0.5) is 4.39 Å². The van der Waals surface area contributed by atoms with Crippen molar-refractivity contribution in [3.8, 4) is 5.88 Å². The van der Waals surface area contributed by atoms with E-state index in [2.05, 4.69) is 25.5 Å². The average Bonchev–Trinajstić information content (AvgIpc) is 3.31. The number of esters is 1. The van der Waals surface area contributed by atoms with E-state index in [9.17, 15) is 9.18 Å². The van der Waals surface area contributed by atoms with Gasteiger partial charge in [0.2, 0.25) is 5.88 Å². The number of fused-ring (bicyclic) bond motifs is 1. The van der Waals surface area contributed by atoms with Crippen LogP contribution in [-0.4, -0.2) is 62.8 Å². The van der Waals surface area contributed by atoms with Crippen molar-refractivity contribution >= 4 is 34.3 Å². The van der Waals surface area contributed by atoms with Gasteiger partial charge in [0, 0.05) is 36.3 Å². The fourth-order valence-corrected chi connectivity index (χ4v) is 5.22. The molecule has 4 aromatic rings. The number of pyridine rings is 2. The van der Waals surface area contributed by atoms with Crippen molar-refractivity contribution in [2.45, 2.75) is 45.6 Å². The van der Waals surface area contributed by atoms with E-state index in [1.165, 1.54) is 6.07 Å². The summed E-state index contributed by atoms with van der Waals surface area (Å²) in [5.41, 5.74) is 4.07. The van der Waals surface area contributed by atoms with Gasteiger partial charge in [-0.1, -0.05) is 29.8 Å². The van der Waals surface area contributed by atoms with E-state index < -0.39 is 11.8 Å². The summed E-state index contributed by atoms with van der Waals surface area (Å²) in [5, 5.41) is 0.346. The summed E-state index contributed by atoms with van der Waals surface area (Å²) < 4.78 is 32.8. The van der Waals surface area contributed by atoms with Crippen LogP contribution in [0.25, 0.3) is 16.7 Å². The zero-order valence-corrected chi connectivity index (χ0v) is 24.0. The molecule has 1 fully saturated rings. The summed E-state index contributed by atoms with van der Waals surface area (Å²) in [7, 11) is 0. The van der Waals surface area contributed by atoms with Gasteiger partial charge in [-0.2, -0.15) is 0 Å². The van der Waals surface area contributed by atoms with Gasteiger partial charge >= 0.3 is 5.97 Å². The number of ether oxygens (including phenoxy) is 3. The lowest BCUT2D eigenvalue weighted by atomic mass is 10.0. The van der Waals surface area contributed by atoms with Crippen LogP contribution < -0.4 is 4.74 Å². The van der Waals surface area contributed by atoms with Crippen LogP contribution in [0.2, 0.25) is 5.02 Å². The van der Waals surface area contributed by atoms with Gasteiger partial charge < -0.3 is 18.8 Å². The summed E-state index contributed by atoms with van der Waals surface area (Å²) in [6.45, 7) is 5.70. The standard InChI is InChI=1S/C31H31ClFN5O4/c1-2-40-31(39)27-9-8-26-30(36-27)38(17-23-12-15-41-23)28(34-26)18-37-13-10-20(11-14-37)25-4-3-5-29(35-25)42-19-21-6-7-22(32)16-24(21)33/h3-10,16,23H,2,11-15,17-19H2,1H3/t23-/m0/s1. The average molecular weight is 592 g/mol. The molecule has 1 aromatic carbocycles. The Morgan fingerprint density at radius 1 is 1.17 bits per heavy atom. The van der Waals surface area contributed by atoms with Gasteiger partial charge in [-0.3, -0.25) is 4.90 Å². The van der Waals surface area contributed by atoms with Crippen LogP contribution >= 0.6 is 11.6 Å². The Morgan fingerprint density at radius 2 is 2.05 bits per heavy atom. The second-order valence-corrected chi connectivity index (χ2v) is 10.7. The van der Waals surface area contributed by atoms with Gasteiger partial charge in [-0.15, -0.1) is 0 Å². The molecule has 3 aromatic heterocycles. The van der Waals surface area contributed by atoms with Crippen LogP contribution in [0.15, 0.2) is 54.6 Å². The van der Waals surface area contributed by atoms with Crippen LogP contribution in [-0.2, 0) is 29.2 Å². The molecule has 42 heavy (non-hydrogen) atoms.